The van der Waals surface area contributed by atoms with E-state index in [9.17, 15) is 9.59 Å². The van der Waals surface area contributed by atoms with Crippen molar-refractivity contribution in [3.63, 3.8) is 0 Å². The fraction of sp³-hybridized carbons (Fsp3) is 0.286. The van der Waals surface area contributed by atoms with Gasteiger partial charge >= 0.3 is 5.97 Å². The van der Waals surface area contributed by atoms with Crippen molar-refractivity contribution in [1.29, 1.82) is 0 Å². The number of amides is 1. The maximum absolute atomic E-state index is 11.4. The van der Waals surface area contributed by atoms with E-state index in [1.165, 1.54) is 6.08 Å². The minimum Gasteiger partial charge on any atom is -0.497 e. The van der Waals surface area contributed by atoms with Crippen LogP contribution in [0.1, 0.15) is 18.4 Å². The topological polar surface area (TPSA) is 75.6 Å². The van der Waals surface area contributed by atoms with Crippen LogP contribution < -0.4 is 10.1 Å². The van der Waals surface area contributed by atoms with E-state index in [1.54, 1.807) is 13.2 Å². The van der Waals surface area contributed by atoms with E-state index in [2.05, 4.69) is 5.32 Å². The fourth-order valence-electron chi connectivity index (χ4n) is 1.40. The fourth-order valence-corrected chi connectivity index (χ4v) is 1.40. The molecular formula is C14H17NO4. The number of carbonyl (C=O) groups is 2. The van der Waals surface area contributed by atoms with Gasteiger partial charge < -0.3 is 15.2 Å². The van der Waals surface area contributed by atoms with Crippen molar-refractivity contribution < 1.29 is 19.4 Å². The third kappa shape index (κ3) is 6.26. The average molecular weight is 263 g/mol. The van der Waals surface area contributed by atoms with Gasteiger partial charge in [0, 0.05) is 19.0 Å². The van der Waals surface area contributed by atoms with Crippen LogP contribution in [0.4, 0.5) is 0 Å². The molecule has 5 nitrogen and oxygen atoms in total. The van der Waals surface area contributed by atoms with Crippen molar-refractivity contribution in [2.45, 2.75) is 12.8 Å². The van der Waals surface area contributed by atoms with Gasteiger partial charge in [-0.3, -0.25) is 9.59 Å². The summed E-state index contributed by atoms with van der Waals surface area (Å²) in [5, 5.41) is 11.1. The summed E-state index contributed by atoms with van der Waals surface area (Å²) in [5.74, 6) is -0.334. The molecule has 19 heavy (non-hydrogen) atoms. The van der Waals surface area contributed by atoms with Crippen LogP contribution in [0.3, 0.4) is 0 Å². The van der Waals surface area contributed by atoms with E-state index in [0.717, 1.165) is 11.3 Å². The minimum absolute atomic E-state index is 0.0580. The van der Waals surface area contributed by atoms with Crippen molar-refractivity contribution in [2.24, 2.45) is 0 Å². The second kappa shape index (κ2) is 7.92. The van der Waals surface area contributed by atoms with Gasteiger partial charge in [0.25, 0.3) is 0 Å². The van der Waals surface area contributed by atoms with Gasteiger partial charge in [0.1, 0.15) is 5.75 Å². The summed E-state index contributed by atoms with van der Waals surface area (Å²) in [4.78, 5) is 21.7. The number of hydrogen-bond acceptors (Lipinski definition) is 3. The molecule has 0 aliphatic rings. The number of carbonyl (C=O) groups excluding carboxylic acids is 1. The molecule has 1 amide bonds. The number of carboxylic acid groups (broad SMARTS) is 1. The third-order valence-corrected chi connectivity index (χ3v) is 2.41. The van der Waals surface area contributed by atoms with E-state index >= 15 is 0 Å². The van der Waals surface area contributed by atoms with Crippen LogP contribution >= 0.6 is 0 Å². The van der Waals surface area contributed by atoms with Crippen molar-refractivity contribution in [1.82, 2.24) is 5.32 Å². The zero-order valence-corrected chi connectivity index (χ0v) is 10.8. The quantitative estimate of drug-likeness (QED) is 0.580. The highest BCUT2D eigenvalue weighted by Gasteiger charge is 1.98. The van der Waals surface area contributed by atoms with Gasteiger partial charge in [-0.2, -0.15) is 0 Å². The zero-order valence-electron chi connectivity index (χ0n) is 10.8. The highest BCUT2D eigenvalue weighted by Crippen LogP contribution is 2.12. The monoisotopic (exact) mass is 263 g/mol. The first-order valence-corrected chi connectivity index (χ1v) is 5.93. The largest absolute Gasteiger partial charge is 0.497 e. The van der Waals surface area contributed by atoms with Crippen LogP contribution in [0.2, 0.25) is 0 Å². The maximum Gasteiger partial charge on any atom is 0.303 e. The Labute approximate surface area is 111 Å². The number of benzene rings is 1. The molecule has 0 aliphatic heterocycles. The van der Waals surface area contributed by atoms with Crippen LogP contribution in [-0.2, 0) is 9.59 Å². The van der Waals surface area contributed by atoms with Gasteiger partial charge in [0.2, 0.25) is 5.91 Å². The molecule has 5 heteroatoms. The van der Waals surface area contributed by atoms with Gasteiger partial charge in [-0.15, -0.1) is 0 Å². The van der Waals surface area contributed by atoms with Gasteiger partial charge in [-0.05, 0) is 30.2 Å². The van der Waals surface area contributed by atoms with Gasteiger partial charge in [0.05, 0.1) is 7.11 Å². The molecule has 0 aromatic heterocycles. The molecule has 2 N–H and O–H groups in total. The molecule has 0 saturated heterocycles. The van der Waals surface area contributed by atoms with E-state index < -0.39 is 5.97 Å². The summed E-state index contributed by atoms with van der Waals surface area (Å²) >= 11 is 0. The molecule has 0 unspecified atom stereocenters. The lowest BCUT2D eigenvalue weighted by Crippen LogP contribution is -2.22. The smallest absolute Gasteiger partial charge is 0.303 e. The lowest BCUT2D eigenvalue weighted by molar-refractivity contribution is -0.137. The molecule has 1 aromatic carbocycles. The first kappa shape index (κ1) is 14.8. The Morgan fingerprint density at radius 2 is 2.00 bits per heavy atom. The molecule has 1 aromatic rings. The molecule has 1 rings (SSSR count). The summed E-state index contributed by atoms with van der Waals surface area (Å²) in [6, 6.07) is 7.30. The van der Waals surface area contributed by atoms with Gasteiger partial charge in [-0.25, -0.2) is 0 Å². The van der Waals surface area contributed by atoms with Crippen LogP contribution in [0.5, 0.6) is 5.75 Å². The first-order valence-electron chi connectivity index (χ1n) is 5.93. The standard InChI is InChI=1S/C14H17NO4/c1-19-12-7-4-11(5-8-12)6-9-13(16)15-10-2-3-14(17)18/h4-9H,2-3,10H2,1H3,(H,15,16)(H,17,18)/b9-6+. The summed E-state index contributed by atoms with van der Waals surface area (Å²) in [6.45, 7) is 0.359. The SMILES string of the molecule is COc1ccc(/C=C/C(=O)NCCCC(=O)O)cc1. The van der Waals surface area contributed by atoms with Crippen molar-refractivity contribution in [2.75, 3.05) is 13.7 Å². The molecule has 102 valence electrons. The van der Waals surface area contributed by atoms with Crippen molar-refractivity contribution in [3.05, 3.63) is 35.9 Å². The molecule has 0 fully saturated rings. The predicted molar refractivity (Wildman–Crippen MR) is 71.9 cm³/mol. The Morgan fingerprint density at radius 3 is 2.58 bits per heavy atom. The number of carboxylic acids is 1. The third-order valence-electron chi connectivity index (χ3n) is 2.41. The number of methoxy groups -OCH3 is 1. The summed E-state index contributed by atoms with van der Waals surface area (Å²) in [6.07, 6.45) is 3.59. The van der Waals surface area contributed by atoms with E-state index in [0.29, 0.717) is 13.0 Å². The highest BCUT2D eigenvalue weighted by atomic mass is 16.5. The lowest BCUT2D eigenvalue weighted by atomic mass is 10.2. The van der Waals surface area contributed by atoms with Gasteiger partial charge in [0.15, 0.2) is 0 Å². The Hall–Kier alpha value is -2.30. The van der Waals surface area contributed by atoms with E-state index in [1.807, 2.05) is 24.3 Å². The number of rotatable bonds is 7. The average Bonchev–Trinajstić information content (AvgIpc) is 2.41. The van der Waals surface area contributed by atoms with Crippen LogP contribution in [0.25, 0.3) is 6.08 Å². The van der Waals surface area contributed by atoms with Crippen LogP contribution in [0.15, 0.2) is 30.3 Å². The van der Waals surface area contributed by atoms with E-state index in [-0.39, 0.29) is 12.3 Å². The summed E-state index contributed by atoms with van der Waals surface area (Å²) < 4.78 is 5.03. The van der Waals surface area contributed by atoms with Crippen molar-refractivity contribution >= 4 is 18.0 Å². The number of hydrogen-bond donors (Lipinski definition) is 2. The second-order valence-electron chi connectivity index (χ2n) is 3.89. The first-order chi connectivity index (χ1) is 9.11. The second-order valence-corrected chi connectivity index (χ2v) is 3.89. The zero-order chi connectivity index (χ0) is 14.1. The Morgan fingerprint density at radius 1 is 1.32 bits per heavy atom. The summed E-state index contributed by atoms with van der Waals surface area (Å²) in [5.41, 5.74) is 0.890. The van der Waals surface area contributed by atoms with Crippen LogP contribution in [0, 0.1) is 0 Å². The number of ether oxygens (including phenoxy) is 1. The number of aliphatic carboxylic acids is 1. The minimum atomic E-state index is -0.858. The number of nitrogens with one attached hydrogen (secondary N) is 1. The highest BCUT2D eigenvalue weighted by molar-refractivity contribution is 5.91. The van der Waals surface area contributed by atoms with E-state index in [4.69, 9.17) is 9.84 Å². The molecule has 0 heterocycles. The molecule has 0 bridgehead atoms. The molecule has 0 atom stereocenters. The van der Waals surface area contributed by atoms with Crippen molar-refractivity contribution in [3.8, 4) is 5.75 Å². The van der Waals surface area contributed by atoms with Crippen LogP contribution in [-0.4, -0.2) is 30.6 Å². The molecule has 0 saturated carbocycles. The Balaban J connectivity index is 2.34. The normalized spacial score (nSPS) is 10.4. The summed E-state index contributed by atoms with van der Waals surface area (Å²) in [7, 11) is 1.59. The molecule has 0 spiro atoms. The molecule has 0 radical (unpaired) electrons. The predicted octanol–water partition coefficient (Wildman–Crippen LogP) is 1.69. The Bertz CT molecular complexity index is 451. The lowest BCUT2D eigenvalue weighted by Gasteiger charge is -2.00. The molecular weight excluding hydrogens is 246 g/mol. The maximum atomic E-state index is 11.4. The Kier molecular flexibility index (Phi) is 6.15. The molecule has 0 aliphatic carbocycles. The van der Waals surface area contributed by atoms with Gasteiger partial charge in [-0.1, -0.05) is 12.1 Å².